The molecule has 1 heterocycles. The van der Waals surface area contributed by atoms with Gasteiger partial charge in [0, 0.05) is 17.2 Å². The highest BCUT2D eigenvalue weighted by Crippen LogP contribution is 2.37. The molecular weight excluding hydrogens is 321 g/mol. The molecule has 0 radical (unpaired) electrons. The SMILES string of the molecule is Cc1cc(CP(c2ccccc2)c2ccccc2)nc2ccccc12. The van der Waals surface area contributed by atoms with Crippen LogP contribution in [0.25, 0.3) is 10.9 Å². The molecule has 4 aromatic rings. The van der Waals surface area contributed by atoms with Gasteiger partial charge in [0.15, 0.2) is 0 Å². The zero-order chi connectivity index (χ0) is 17.1. The molecule has 0 aliphatic rings. The minimum atomic E-state index is -0.457. The van der Waals surface area contributed by atoms with Crippen LogP contribution in [-0.2, 0) is 6.16 Å². The summed E-state index contributed by atoms with van der Waals surface area (Å²) in [6, 6.07) is 32.3. The summed E-state index contributed by atoms with van der Waals surface area (Å²) in [4.78, 5) is 4.94. The number of para-hydroxylation sites is 1. The largest absolute Gasteiger partial charge is 0.252 e. The molecule has 25 heavy (non-hydrogen) atoms. The number of benzene rings is 3. The van der Waals surface area contributed by atoms with Crippen molar-refractivity contribution in [3.63, 3.8) is 0 Å². The van der Waals surface area contributed by atoms with E-state index in [1.165, 1.54) is 27.3 Å². The Hall–Kier alpha value is -2.50. The van der Waals surface area contributed by atoms with Gasteiger partial charge in [0.05, 0.1) is 5.52 Å². The molecule has 122 valence electrons. The van der Waals surface area contributed by atoms with Crippen molar-refractivity contribution in [2.75, 3.05) is 0 Å². The molecule has 0 atom stereocenters. The lowest BCUT2D eigenvalue weighted by Gasteiger charge is -2.19. The molecule has 0 unspecified atom stereocenters. The van der Waals surface area contributed by atoms with E-state index in [0.717, 1.165) is 11.7 Å². The number of fused-ring (bicyclic) bond motifs is 1. The molecule has 1 aromatic heterocycles. The van der Waals surface area contributed by atoms with Gasteiger partial charge in [-0.3, -0.25) is 4.98 Å². The lowest BCUT2D eigenvalue weighted by atomic mass is 10.1. The minimum Gasteiger partial charge on any atom is -0.252 e. The van der Waals surface area contributed by atoms with E-state index in [-0.39, 0.29) is 0 Å². The molecule has 0 aliphatic heterocycles. The van der Waals surface area contributed by atoms with Crippen LogP contribution >= 0.6 is 7.92 Å². The molecule has 0 aliphatic carbocycles. The third-order valence-electron chi connectivity index (χ3n) is 4.43. The van der Waals surface area contributed by atoms with E-state index >= 15 is 0 Å². The van der Waals surface area contributed by atoms with Gasteiger partial charge in [0.1, 0.15) is 0 Å². The Morgan fingerprint density at radius 2 is 1.28 bits per heavy atom. The van der Waals surface area contributed by atoms with Crippen molar-refractivity contribution < 1.29 is 0 Å². The fourth-order valence-corrected chi connectivity index (χ4v) is 5.42. The maximum Gasteiger partial charge on any atom is 0.0708 e. The molecule has 4 rings (SSSR count). The third-order valence-corrected chi connectivity index (χ3v) is 6.92. The lowest BCUT2D eigenvalue weighted by molar-refractivity contribution is 1.20. The summed E-state index contributed by atoms with van der Waals surface area (Å²) in [6.07, 6.45) is 0.967. The van der Waals surface area contributed by atoms with Gasteiger partial charge >= 0.3 is 0 Å². The van der Waals surface area contributed by atoms with Crippen molar-refractivity contribution in [2.24, 2.45) is 0 Å². The van der Waals surface area contributed by atoms with Crippen LogP contribution in [0.4, 0.5) is 0 Å². The van der Waals surface area contributed by atoms with Crippen LogP contribution < -0.4 is 10.6 Å². The molecule has 0 bridgehead atoms. The fourth-order valence-electron chi connectivity index (χ4n) is 3.21. The van der Waals surface area contributed by atoms with Crippen LogP contribution in [-0.4, -0.2) is 4.98 Å². The van der Waals surface area contributed by atoms with Gasteiger partial charge in [0.2, 0.25) is 0 Å². The highest BCUT2D eigenvalue weighted by atomic mass is 31.1. The fraction of sp³-hybridized carbons (Fsp3) is 0.0870. The molecule has 0 fully saturated rings. The second kappa shape index (κ2) is 7.17. The minimum absolute atomic E-state index is 0.457. The van der Waals surface area contributed by atoms with E-state index < -0.39 is 7.92 Å². The summed E-state index contributed by atoms with van der Waals surface area (Å²) < 4.78 is 0. The van der Waals surface area contributed by atoms with E-state index in [1.54, 1.807) is 0 Å². The maximum absolute atomic E-state index is 4.94. The summed E-state index contributed by atoms with van der Waals surface area (Å²) in [5.41, 5.74) is 3.57. The predicted molar refractivity (Wildman–Crippen MR) is 109 cm³/mol. The molecule has 0 N–H and O–H groups in total. The first-order valence-electron chi connectivity index (χ1n) is 8.54. The second-order valence-electron chi connectivity index (χ2n) is 6.20. The number of rotatable bonds is 4. The molecule has 2 heteroatoms. The van der Waals surface area contributed by atoms with Gasteiger partial charge in [-0.1, -0.05) is 78.9 Å². The van der Waals surface area contributed by atoms with Crippen LogP contribution in [0.3, 0.4) is 0 Å². The standard InChI is InChI=1S/C23H20NP/c1-18-16-19(24-23-15-9-8-14-22(18)23)17-25(20-10-4-2-5-11-20)21-12-6-3-7-13-21/h2-16H,17H2,1H3. The monoisotopic (exact) mass is 341 g/mol. The van der Waals surface area contributed by atoms with Gasteiger partial charge in [-0.05, 0) is 43.2 Å². The first-order chi connectivity index (χ1) is 12.3. The zero-order valence-electron chi connectivity index (χ0n) is 14.3. The number of nitrogens with zero attached hydrogens (tertiary/aromatic N) is 1. The van der Waals surface area contributed by atoms with Gasteiger partial charge in [0.25, 0.3) is 0 Å². The summed E-state index contributed by atoms with van der Waals surface area (Å²) in [5, 5.41) is 4.04. The number of hydrogen-bond acceptors (Lipinski definition) is 1. The highest BCUT2D eigenvalue weighted by molar-refractivity contribution is 7.72. The summed E-state index contributed by atoms with van der Waals surface area (Å²) in [5.74, 6) is 0. The zero-order valence-corrected chi connectivity index (χ0v) is 15.2. The number of aromatic nitrogens is 1. The number of hydrogen-bond donors (Lipinski definition) is 0. The summed E-state index contributed by atoms with van der Waals surface area (Å²) >= 11 is 0. The molecule has 0 spiro atoms. The van der Waals surface area contributed by atoms with Crippen LogP contribution in [0.5, 0.6) is 0 Å². The Morgan fingerprint density at radius 1 is 0.720 bits per heavy atom. The molecule has 0 saturated carbocycles. The van der Waals surface area contributed by atoms with E-state index in [2.05, 4.69) is 97.9 Å². The van der Waals surface area contributed by atoms with E-state index in [9.17, 15) is 0 Å². The Kier molecular flexibility index (Phi) is 4.59. The Balaban J connectivity index is 1.77. The van der Waals surface area contributed by atoms with Crippen molar-refractivity contribution in [3.05, 3.63) is 102 Å². The van der Waals surface area contributed by atoms with Gasteiger partial charge in [-0.2, -0.15) is 0 Å². The molecule has 1 nitrogen and oxygen atoms in total. The molecule has 3 aromatic carbocycles. The van der Waals surface area contributed by atoms with Crippen molar-refractivity contribution in [3.8, 4) is 0 Å². The van der Waals surface area contributed by atoms with E-state index in [1.807, 2.05) is 0 Å². The summed E-state index contributed by atoms with van der Waals surface area (Å²) in [7, 11) is -0.457. The highest BCUT2D eigenvalue weighted by Gasteiger charge is 2.15. The Morgan fingerprint density at radius 3 is 1.92 bits per heavy atom. The van der Waals surface area contributed by atoms with Crippen LogP contribution in [0.2, 0.25) is 0 Å². The lowest BCUT2D eigenvalue weighted by Crippen LogP contribution is -2.13. The van der Waals surface area contributed by atoms with Crippen molar-refractivity contribution in [1.82, 2.24) is 4.98 Å². The normalized spacial score (nSPS) is 11.1. The summed E-state index contributed by atoms with van der Waals surface area (Å²) in [6.45, 7) is 2.18. The number of pyridine rings is 1. The first kappa shape index (κ1) is 16.0. The van der Waals surface area contributed by atoms with Gasteiger partial charge in [-0.15, -0.1) is 0 Å². The topological polar surface area (TPSA) is 12.9 Å². The maximum atomic E-state index is 4.94. The van der Waals surface area contributed by atoms with E-state index in [0.29, 0.717) is 0 Å². The van der Waals surface area contributed by atoms with Crippen molar-refractivity contribution in [1.29, 1.82) is 0 Å². The Bertz CT molecular complexity index is 941. The molecule has 0 saturated heterocycles. The van der Waals surface area contributed by atoms with Crippen molar-refractivity contribution in [2.45, 2.75) is 13.1 Å². The van der Waals surface area contributed by atoms with Gasteiger partial charge in [-0.25, -0.2) is 0 Å². The first-order valence-corrected chi connectivity index (χ1v) is 10.1. The quantitative estimate of drug-likeness (QED) is 0.466. The average molecular weight is 341 g/mol. The van der Waals surface area contributed by atoms with Crippen LogP contribution in [0.15, 0.2) is 91.0 Å². The smallest absolute Gasteiger partial charge is 0.0708 e. The third kappa shape index (κ3) is 3.48. The van der Waals surface area contributed by atoms with Crippen LogP contribution in [0.1, 0.15) is 11.3 Å². The molecular formula is C23H20NP. The van der Waals surface area contributed by atoms with Crippen LogP contribution in [0, 0.1) is 6.92 Å². The van der Waals surface area contributed by atoms with Gasteiger partial charge < -0.3 is 0 Å². The number of aryl methyl sites for hydroxylation is 1. The Labute approximate surface area is 150 Å². The average Bonchev–Trinajstić information content (AvgIpc) is 2.67. The second-order valence-corrected chi connectivity index (χ2v) is 8.41. The molecule has 0 amide bonds. The van der Waals surface area contributed by atoms with Crippen molar-refractivity contribution >= 4 is 29.4 Å². The predicted octanol–water partition coefficient (Wildman–Crippen LogP) is 5.18. The van der Waals surface area contributed by atoms with E-state index in [4.69, 9.17) is 4.98 Å².